The Kier molecular flexibility index (Phi) is 6.12. The van der Waals surface area contributed by atoms with Crippen molar-refractivity contribution in [3.8, 4) is 0 Å². The standard InChI is InChI=1S/C16H13BrClF3N2O/c17-11-3-1-2-10(8-11)6-7-22-15(24)23-12-4-5-14(18)13(9-12)16(19,20)21/h1-5,8-9H,6-7H2,(H2,22,23,24). The van der Waals surface area contributed by atoms with Crippen LogP contribution in [-0.4, -0.2) is 12.6 Å². The minimum atomic E-state index is -4.58. The second kappa shape index (κ2) is 7.90. The van der Waals surface area contributed by atoms with Gasteiger partial charge < -0.3 is 10.6 Å². The van der Waals surface area contributed by atoms with Gasteiger partial charge in [0.25, 0.3) is 0 Å². The first kappa shape index (κ1) is 18.6. The highest BCUT2D eigenvalue weighted by Gasteiger charge is 2.33. The average Bonchev–Trinajstić information content (AvgIpc) is 2.48. The molecule has 0 heterocycles. The third kappa shape index (κ3) is 5.42. The largest absolute Gasteiger partial charge is 0.417 e. The molecule has 0 aromatic heterocycles. The molecule has 0 aliphatic carbocycles. The van der Waals surface area contributed by atoms with Crippen molar-refractivity contribution in [2.75, 3.05) is 11.9 Å². The van der Waals surface area contributed by atoms with Crippen LogP contribution in [0.3, 0.4) is 0 Å². The molecular weight excluding hydrogens is 409 g/mol. The predicted octanol–water partition coefficient (Wildman–Crippen LogP) is 5.49. The molecule has 0 fully saturated rings. The first-order valence-electron chi connectivity index (χ1n) is 6.92. The van der Waals surface area contributed by atoms with E-state index in [0.29, 0.717) is 13.0 Å². The van der Waals surface area contributed by atoms with Gasteiger partial charge in [0.15, 0.2) is 0 Å². The molecule has 0 saturated heterocycles. The Morgan fingerprint density at radius 3 is 2.58 bits per heavy atom. The van der Waals surface area contributed by atoms with Gasteiger partial charge in [-0.25, -0.2) is 4.79 Å². The maximum Gasteiger partial charge on any atom is 0.417 e. The highest BCUT2D eigenvalue weighted by molar-refractivity contribution is 9.10. The summed E-state index contributed by atoms with van der Waals surface area (Å²) in [6.07, 6.45) is -3.98. The van der Waals surface area contributed by atoms with Crippen LogP contribution in [0.15, 0.2) is 46.9 Å². The molecule has 0 aliphatic heterocycles. The van der Waals surface area contributed by atoms with Crippen LogP contribution in [0.4, 0.5) is 23.7 Å². The Hall–Kier alpha value is -1.73. The van der Waals surface area contributed by atoms with Crippen molar-refractivity contribution in [3.63, 3.8) is 0 Å². The van der Waals surface area contributed by atoms with Gasteiger partial charge in [0.05, 0.1) is 10.6 Å². The van der Waals surface area contributed by atoms with Crippen LogP contribution >= 0.6 is 27.5 Å². The van der Waals surface area contributed by atoms with Crippen LogP contribution in [0.5, 0.6) is 0 Å². The molecule has 0 atom stereocenters. The third-order valence-electron chi connectivity index (χ3n) is 3.12. The number of carbonyl (C=O) groups excluding carboxylic acids is 1. The average molecular weight is 422 g/mol. The lowest BCUT2D eigenvalue weighted by atomic mass is 10.1. The van der Waals surface area contributed by atoms with Gasteiger partial charge in [-0.2, -0.15) is 13.2 Å². The maximum absolute atomic E-state index is 12.8. The first-order chi connectivity index (χ1) is 11.3. The van der Waals surface area contributed by atoms with E-state index in [1.165, 1.54) is 6.07 Å². The SMILES string of the molecule is O=C(NCCc1cccc(Br)c1)Nc1ccc(Cl)c(C(F)(F)F)c1. The lowest BCUT2D eigenvalue weighted by Crippen LogP contribution is -2.30. The number of rotatable bonds is 4. The van der Waals surface area contributed by atoms with Crippen molar-refractivity contribution in [1.29, 1.82) is 0 Å². The van der Waals surface area contributed by atoms with E-state index in [0.717, 1.165) is 22.2 Å². The molecule has 2 amide bonds. The van der Waals surface area contributed by atoms with Gasteiger partial charge in [-0.15, -0.1) is 0 Å². The number of amides is 2. The highest BCUT2D eigenvalue weighted by Crippen LogP contribution is 2.36. The molecule has 0 saturated carbocycles. The van der Waals surface area contributed by atoms with Gasteiger partial charge in [0.2, 0.25) is 0 Å². The summed E-state index contributed by atoms with van der Waals surface area (Å²) < 4.78 is 39.3. The second-order valence-corrected chi connectivity index (χ2v) is 6.28. The summed E-state index contributed by atoms with van der Waals surface area (Å²) in [5.41, 5.74) is 0.0540. The number of urea groups is 1. The molecule has 2 aromatic rings. The van der Waals surface area contributed by atoms with Crippen molar-refractivity contribution in [2.45, 2.75) is 12.6 Å². The summed E-state index contributed by atoms with van der Waals surface area (Å²) in [4.78, 5) is 11.8. The van der Waals surface area contributed by atoms with E-state index in [4.69, 9.17) is 11.6 Å². The quantitative estimate of drug-likeness (QED) is 0.674. The number of hydrogen-bond donors (Lipinski definition) is 2. The topological polar surface area (TPSA) is 41.1 Å². The van der Waals surface area contributed by atoms with Crippen LogP contribution in [0.1, 0.15) is 11.1 Å². The molecular formula is C16H13BrClF3N2O. The van der Waals surface area contributed by atoms with E-state index in [1.807, 2.05) is 24.3 Å². The molecule has 0 aliphatic rings. The normalized spacial score (nSPS) is 11.2. The summed E-state index contributed by atoms with van der Waals surface area (Å²) >= 11 is 8.88. The Morgan fingerprint density at radius 1 is 1.17 bits per heavy atom. The number of halogens is 5. The van der Waals surface area contributed by atoms with Crippen LogP contribution < -0.4 is 10.6 Å². The van der Waals surface area contributed by atoms with Gasteiger partial charge in [-0.05, 0) is 42.3 Å². The predicted molar refractivity (Wildman–Crippen MR) is 91.3 cm³/mol. The fraction of sp³-hybridized carbons (Fsp3) is 0.188. The van der Waals surface area contributed by atoms with E-state index in [2.05, 4.69) is 26.6 Å². The van der Waals surface area contributed by atoms with Gasteiger partial charge in [-0.1, -0.05) is 39.7 Å². The number of benzene rings is 2. The number of hydrogen-bond acceptors (Lipinski definition) is 1. The zero-order valence-electron chi connectivity index (χ0n) is 12.3. The molecule has 0 spiro atoms. The molecule has 0 unspecified atom stereocenters. The molecule has 2 rings (SSSR count). The summed E-state index contributed by atoms with van der Waals surface area (Å²) in [6, 6.07) is 10.2. The fourth-order valence-electron chi connectivity index (χ4n) is 2.01. The first-order valence-corrected chi connectivity index (χ1v) is 8.09. The second-order valence-electron chi connectivity index (χ2n) is 4.95. The molecule has 2 aromatic carbocycles. The maximum atomic E-state index is 12.8. The van der Waals surface area contributed by atoms with Crippen LogP contribution in [0.25, 0.3) is 0 Å². The van der Waals surface area contributed by atoms with E-state index in [1.54, 1.807) is 0 Å². The van der Waals surface area contributed by atoms with Crippen LogP contribution in [-0.2, 0) is 12.6 Å². The molecule has 8 heteroatoms. The van der Waals surface area contributed by atoms with Crippen molar-refractivity contribution in [1.82, 2.24) is 5.32 Å². The molecule has 2 N–H and O–H groups in total. The minimum Gasteiger partial charge on any atom is -0.338 e. The van der Waals surface area contributed by atoms with E-state index < -0.39 is 22.8 Å². The molecule has 128 valence electrons. The summed E-state index contributed by atoms with van der Waals surface area (Å²) in [6.45, 7) is 0.349. The summed E-state index contributed by atoms with van der Waals surface area (Å²) in [5, 5.41) is 4.54. The van der Waals surface area contributed by atoms with Crippen molar-refractivity contribution < 1.29 is 18.0 Å². The smallest absolute Gasteiger partial charge is 0.338 e. The Bertz CT molecular complexity index is 738. The number of anilines is 1. The molecule has 0 radical (unpaired) electrons. The van der Waals surface area contributed by atoms with Crippen LogP contribution in [0.2, 0.25) is 5.02 Å². The van der Waals surface area contributed by atoms with Gasteiger partial charge in [0, 0.05) is 16.7 Å². The van der Waals surface area contributed by atoms with E-state index >= 15 is 0 Å². The number of alkyl halides is 3. The lowest BCUT2D eigenvalue weighted by Gasteiger charge is -2.12. The minimum absolute atomic E-state index is 0.0201. The van der Waals surface area contributed by atoms with Crippen molar-refractivity contribution >= 4 is 39.2 Å². The monoisotopic (exact) mass is 420 g/mol. The Labute approximate surface area is 150 Å². The summed E-state index contributed by atoms with van der Waals surface area (Å²) in [5.74, 6) is 0. The number of nitrogens with one attached hydrogen (secondary N) is 2. The van der Waals surface area contributed by atoms with E-state index in [9.17, 15) is 18.0 Å². The third-order valence-corrected chi connectivity index (χ3v) is 3.94. The molecule has 24 heavy (non-hydrogen) atoms. The molecule has 0 bridgehead atoms. The Balaban J connectivity index is 1.91. The fourth-order valence-corrected chi connectivity index (χ4v) is 2.68. The Morgan fingerprint density at radius 2 is 1.92 bits per heavy atom. The van der Waals surface area contributed by atoms with E-state index in [-0.39, 0.29) is 5.69 Å². The molecule has 3 nitrogen and oxygen atoms in total. The number of carbonyl (C=O) groups is 1. The van der Waals surface area contributed by atoms with Gasteiger partial charge in [-0.3, -0.25) is 0 Å². The van der Waals surface area contributed by atoms with Crippen molar-refractivity contribution in [3.05, 3.63) is 63.1 Å². The summed E-state index contributed by atoms with van der Waals surface area (Å²) in [7, 11) is 0. The van der Waals surface area contributed by atoms with Gasteiger partial charge >= 0.3 is 12.2 Å². The van der Waals surface area contributed by atoms with Crippen LogP contribution in [0, 0.1) is 0 Å². The highest BCUT2D eigenvalue weighted by atomic mass is 79.9. The zero-order chi connectivity index (χ0) is 17.7. The van der Waals surface area contributed by atoms with Gasteiger partial charge in [0.1, 0.15) is 0 Å². The lowest BCUT2D eigenvalue weighted by molar-refractivity contribution is -0.137. The zero-order valence-corrected chi connectivity index (χ0v) is 14.6. The van der Waals surface area contributed by atoms with Crippen molar-refractivity contribution in [2.24, 2.45) is 0 Å².